The van der Waals surface area contributed by atoms with Gasteiger partial charge >= 0.3 is 0 Å². The molecule has 0 saturated carbocycles. The Labute approximate surface area is 150 Å². The molecule has 0 unspecified atom stereocenters. The number of aryl methyl sites for hydroxylation is 1. The molecule has 0 spiro atoms. The van der Waals surface area contributed by atoms with Gasteiger partial charge in [-0.1, -0.05) is 0 Å². The number of nitrogens with one attached hydrogen (secondary N) is 2. The Kier molecular flexibility index (Phi) is 5.80. The second-order valence-corrected chi connectivity index (χ2v) is 7.17. The summed E-state index contributed by atoms with van der Waals surface area (Å²) in [4.78, 5) is 28.0. The van der Waals surface area contributed by atoms with E-state index < -0.39 is 0 Å². The predicted octanol–water partition coefficient (Wildman–Crippen LogP) is 2.58. The standard InChI is InChI=1S/C18H21N3O3S/c1-13-2-7-16(25-13)18(23)20-15-5-3-14(4-6-15)19-17(22)12-21-8-10-24-11-9-21/h2-7H,8-12H2,1H3,(H,19,22)(H,20,23). The van der Waals surface area contributed by atoms with Gasteiger partial charge in [-0.3, -0.25) is 14.5 Å². The Morgan fingerprint density at radius 1 is 1.04 bits per heavy atom. The molecule has 2 aromatic rings. The molecule has 132 valence electrons. The molecule has 25 heavy (non-hydrogen) atoms. The molecule has 0 aliphatic carbocycles. The van der Waals surface area contributed by atoms with Crippen LogP contribution in [0, 0.1) is 6.92 Å². The molecule has 2 N–H and O–H groups in total. The molecule has 2 amide bonds. The van der Waals surface area contributed by atoms with Crippen LogP contribution in [0.3, 0.4) is 0 Å². The zero-order valence-corrected chi connectivity index (χ0v) is 14.9. The Balaban J connectivity index is 1.51. The third-order valence-corrected chi connectivity index (χ3v) is 4.86. The van der Waals surface area contributed by atoms with Gasteiger partial charge < -0.3 is 15.4 Å². The van der Waals surface area contributed by atoms with E-state index in [4.69, 9.17) is 4.74 Å². The van der Waals surface area contributed by atoms with Crippen molar-refractivity contribution in [2.75, 3.05) is 43.5 Å². The van der Waals surface area contributed by atoms with Crippen molar-refractivity contribution in [3.63, 3.8) is 0 Å². The highest BCUT2D eigenvalue weighted by atomic mass is 32.1. The molecule has 3 rings (SSSR count). The SMILES string of the molecule is Cc1ccc(C(=O)Nc2ccc(NC(=O)CN3CCOCC3)cc2)s1. The molecule has 2 heterocycles. The van der Waals surface area contributed by atoms with Crippen LogP contribution in [0.1, 0.15) is 14.5 Å². The van der Waals surface area contributed by atoms with Gasteiger partial charge in [0.1, 0.15) is 0 Å². The summed E-state index contributed by atoms with van der Waals surface area (Å²) in [5, 5.41) is 5.73. The van der Waals surface area contributed by atoms with Crippen LogP contribution < -0.4 is 10.6 Å². The number of rotatable bonds is 5. The molecule has 0 atom stereocenters. The number of amides is 2. The fourth-order valence-electron chi connectivity index (χ4n) is 2.55. The van der Waals surface area contributed by atoms with E-state index in [1.807, 2.05) is 19.1 Å². The number of hydrogen-bond donors (Lipinski definition) is 2. The van der Waals surface area contributed by atoms with Gasteiger partial charge in [0.25, 0.3) is 5.91 Å². The lowest BCUT2D eigenvalue weighted by molar-refractivity contribution is -0.118. The summed E-state index contributed by atoms with van der Waals surface area (Å²) in [5.74, 6) is -0.171. The number of thiophene rings is 1. The van der Waals surface area contributed by atoms with E-state index in [0.717, 1.165) is 18.0 Å². The fraction of sp³-hybridized carbons (Fsp3) is 0.333. The van der Waals surface area contributed by atoms with Gasteiger partial charge in [0.15, 0.2) is 0 Å². The second kappa shape index (κ2) is 8.24. The highest BCUT2D eigenvalue weighted by Gasteiger charge is 2.14. The van der Waals surface area contributed by atoms with E-state index >= 15 is 0 Å². The topological polar surface area (TPSA) is 70.7 Å². The van der Waals surface area contributed by atoms with Crippen molar-refractivity contribution < 1.29 is 14.3 Å². The van der Waals surface area contributed by atoms with Gasteiger partial charge in [-0.05, 0) is 43.3 Å². The minimum atomic E-state index is -0.123. The second-order valence-electron chi connectivity index (χ2n) is 5.88. The van der Waals surface area contributed by atoms with Gasteiger partial charge in [-0.2, -0.15) is 0 Å². The number of carbonyl (C=O) groups excluding carboxylic acids is 2. The quantitative estimate of drug-likeness (QED) is 0.861. The molecule has 6 nitrogen and oxygen atoms in total. The first-order chi connectivity index (χ1) is 12.1. The number of hydrogen-bond acceptors (Lipinski definition) is 5. The van der Waals surface area contributed by atoms with Crippen LogP contribution in [0.5, 0.6) is 0 Å². The van der Waals surface area contributed by atoms with Gasteiger partial charge in [0.2, 0.25) is 5.91 Å². The van der Waals surface area contributed by atoms with E-state index in [-0.39, 0.29) is 11.8 Å². The molecular formula is C18H21N3O3S. The summed E-state index contributed by atoms with van der Waals surface area (Å²) in [5.41, 5.74) is 1.41. The Hall–Kier alpha value is -2.22. The van der Waals surface area contributed by atoms with Gasteiger partial charge in [0, 0.05) is 29.3 Å². The van der Waals surface area contributed by atoms with E-state index in [9.17, 15) is 9.59 Å². The van der Waals surface area contributed by atoms with Gasteiger partial charge in [0.05, 0.1) is 24.6 Å². The Morgan fingerprint density at radius 3 is 2.28 bits per heavy atom. The van der Waals surface area contributed by atoms with Crippen LogP contribution in [-0.2, 0) is 9.53 Å². The van der Waals surface area contributed by atoms with Gasteiger partial charge in [-0.15, -0.1) is 11.3 Å². The summed E-state index contributed by atoms with van der Waals surface area (Å²) < 4.78 is 5.27. The molecule has 1 aromatic carbocycles. The first-order valence-corrected chi connectivity index (χ1v) is 8.99. The van der Waals surface area contributed by atoms with E-state index in [1.54, 1.807) is 24.3 Å². The third kappa shape index (κ3) is 5.12. The van der Waals surface area contributed by atoms with Crippen LogP contribution >= 0.6 is 11.3 Å². The molecular weight excluding hydrogens is 338 g/mol. The normalized spacial score (nSPS) is 14.9. The molecule has 7 heteroatoms. The summed E-state index contributed by atoms with van der Waals surface area (Å²) >= 11 is 1.46. The molecule has 1 aliphatic heterocycles. The first kappa shape index (κ1) is 17.6. The summed E-state index contributed by atoms with van der Waals surface area (Å²) in [7, 11) is 0. The van der Waals surface area contributed by atoms with Crippen LogP contribution in [0.15, 0.2) is 36.4 Å². The van der Waals surface area contributed by atoms with Crippen molar-refractivity contribution in [1.82, 2.24) is 4.90 Å². The van der Waals surface area contributed by atoms with Crippen molar-refractivity contribution in [1.29, 1.82) is 0 Å². The van der Waals surface area contributed by atoms with Crippen molar-refractivity contribution in [3.8, 4) is 0 Å². The maximum Gasteiger partial charge on any atom is 0.265 e. The van der Waals surface area contributed by atoms with E-state index in [1.165, 1.54) is 11.3 Å². The number of benzene rings is 1. The number of carbonyl (C=O) groups is 2. The minimum Gasteiger partial charge on any atom is -0.379 e. The molecule has 1 aliphatic rings. The predicted molar refractivity (Wildman–Crippen MR) is 99.3 cm³/mol. The first-order valence-electron chi connectivity index (χ1n) is 8.18. The van der Waals surface area contributed by atoms with E-state index in [0.29, 0.717) is 36.0 Å². The van der Waals surface area contributed by atoms with Crippen molar-refractivity contribution in [3.05, 3.63) is 46.2 Å². The maximum atomic E-state index is 12.1. The van der Waals surface area contributed by atoms with Crippen molar-refractivity contribution >= 4 is 34.5 Å². The molecule has 1 fully saturated rings. The number of ether oxygens (including phenoxy) is 1. The average Bonchev–Trinajstić information content (AvgIpc) is 3.04. The average molecular weight is 359 g/mol. The molecule has 0 radical (unpaired) electrons. The lowest BCUT2D eigenvalue weighted by Gasteiger charge is -2.25. The Morgan fingerprint density at radius 2 is 1.68 bits per heavy atom. The number of nitrogens with zero attached hydrogens (tertiary/aromatic N) is 1. The lowest BCUT2D eigenvalue weighted by atomic mass is 10.2. The monoisotopic (exact) mass is 359 g/mol. The number of morpholine rings is 1. The molecule has 1 aromatic heterocycles. The Bertz CT molecular complexity index is 736. The summed E-state index contributed by atoms with van der Waals surface area (Å²) in [6.45, 7) is 5.23. The molecule has 0 bridgehead atoms. The zero-order valence-electron chi connectivity index (χ0n) is 14.1. The minimum absolute atomic E-state index is 0.0484. The zero-order chi connectivity index (χ0) is 17.6. The fourth-order valence-corrected chi connectivity index (χ4v) is 3.31. The van der Waals surface area contributed by atoms with Crippen molar-refractivity contribution in [2.24, 2.45) is 0 Å². The maximum absolute atomic E-state index is 12.1. The van der Waals surface area contributed by atoms with Crippen LogP contribution in [0.4, 0.5) is 11.4 Å². The van der Waals surface area contributed by atoms with Crippen molar-refractivity contribution in [2.45, 2.75) is 6.92 Å². The largest absolute Gasteiger partial charge is 0.379 e. The third-order valence-electron chi connectivity index (χ3n) is 3.86. The van der Waals surface area contributed by atoms with Crippen LogP contribution in [0.2, 0.25) is 0 Å². The smallest absolute Gasteiger partial charge is 0.265 e. The van der Waals surface area contributed by atoms with Crippen LogP contribution in [0.25, 0.3) is 0 Å². The van der Waals surface area contributed by atoms with Gasteiger partial charge in [-0.25, -0.2) is 0 Å². The van der Waals surface area contributed by atoms with E-state index in [2.05, 4.69) is 15.5 Å². The summed E-state index contributed by atoms with van der Waals surface area (Å²) in [6, 6.07) is 10.9. The number of anilines is 2. The lowest BCUT2D eigenvalue weighted by Crippen LogP contribution is -2.41. The highest BCUT2D eigenvalue weighted by molar-refractivity contribution is 7.14. The highest BCUT2D eigenvalue weighted by Crippen LogP contribution is 2.18. The van der Waals surface area contributed by atoms with Crippen LogP contribution in [-0.4, -0.2) is 49.6 Å². The molecule has 1 saturated heterocycles. The summed E-state index contributed by atoms with van der Waals surface area (Å²) in [6.07, 6.45) is 0.